The van der Waals surface area contributed by atoms with Gasteiger partial charge in [0.2, 0.25) is 0 Å². The summed E-state index contributed by atoms with van der Waals surface area (Å²) in [7, 11) is 0. The summed E-state index contributed by atoms with van der Waals surface area (Å²) in [5, 5.41) is 4.17. The number of hydrogen-bond donors (Lipinski definition) is 2. The molecule has 0 bridgehead atoms. The molecule has 0 spiro atoms. The number of rotatable bonds is 2. The van der Waals surface area contributed by atoms with Crippen LogP contribution in [-0.4, -0.2) is 26.3 Å². The van der Waals surface area contributed by atoms with Gasteiger partial charge in [0.15, 0.2) is 4.77 Å². The Kier molecular flexibility index (Phi) is 4.16. The molecular formula is C22H22N4OS. The van der Waals surface area contributed by atoms with Gasteiger partial charge in [0.1, 0.15) is 5.65 Å². The van der Waals surface area contributed by atoms with Gasteiger partial charge in [-0.3, -0.25) is 9.20 Å². The first-order valence-corrected chi connectivity index (χ1v) is 10.3. The fraction of sp³-hybridized carbons (Fsp3) is 0.318. The molecule has 5 rings (SSSR count). The molecule has 2 N–H and O–H groups in total. The Morgan fingerprint density at radius 1 is 1.21 bits per heavy atom. The Morgan fingerprint density at radius 2 is 2.04 bits per heavy atom. The van der Waals surface area contributed by atoms with Crippen LogP contribution in [-0.2, 0) is 0 Å². The summed E-state index contributed by atoms with van der Waals surface area (Å²) in [6, 6.07) is 13.9. The average Bonchev–Trinajstić information content (AvgIpc) is 3.10. The van der Waals surface area contributed by atoms with Gasteiger partial charge in [-0.1, -0.05) is 31.9 Å². The van der Waals surface area contributed by atoms with Crippen LogP contribution >= 0.6 is 12.2 Å². The first-order chi connectivity index (χ1) is 13.6. The highest BCUT2D eigenvalue weighted by Gasteiger charge is 2.23. The Hall–Kier alpha value is -2.73. The number of benzene rings is 2. The molecular weight excluding hydrogens is 368 g/mol. The van der Waals surface area contributed by atoms with E-state index in [9.17, 15) is 4.79 Å². The van der Waals surface area contributed by atoms with Crippen molar-refractivity contribution in [2.75, 3.05) is 0 Å². The number of nitrogens with one attached hydrogen (secondary N) is 2. The van der Waals surface area contributed by atoms with Crippen LogP contribution in [0, 0.1) is 10.7 Å². The maximum Gasteiger partial charge on any atom is 0.251 e. The summed E-state index contributed by atoms with van der Waals surface area (Å²) < 4.78 is 2.53. The number of carbonyl (C=O) groups is 1. The average molecular weight is 391 g/mol. The SMILES string of the molecule is C[C@H]1CCCC[C@H]1NC(=O)c1ccc2c(c1)[nH]c(=S)n1c3ccccc3nc21. The summed E-state index contributed by atoms with van der Waals surface area (Å²) in [6.45, 7) is 2.22. The van der Waals surface area contributed by atoms with Crippen LogP contribution in [0.5, 0.6) is 0 Å². The van der Waals surface area contributed by atoms with Crippen molar-refractivity contribution >= 4 is 45.7 Å². The lowest BCUT2D eigenvalue weighted by Crippen LogP contribution is -2.41. The molecule has 0 aliphatic heterocycles. The maximum absolute atomic E-state index is 12.8. The van der Waals surface area contributed by atoms with Crippen LogP contribution in [0.1, 0.15) is 43.0 Å². The highest BCUT2D eigenvalue weighted by atomic mass is 32.1. The number of fused-ring (bicyclic) bond motifs is 5. The van der Waals surface area contributed by atoms with Gasteiger partial charge in [-0.25, -0.2) is 4.98 Å². The van der Waals surface area contributed by atoms with Crippen molar-refractivity contribution in [2.45, 2.75) is 38.6 Å². The second kappa shape index (κ2) is 6.71. The van der Waals surface area contributed by atoms with Crippen LogP contribution in [0.2, 0.25) is 0 Å². The molecule has 1 amide bonds. The molecule has 4 aromatic rings. The number of aromatic nitrogens is 3. The van der Waals surface area contributed by atoms with E-state index in [1.165, 1.54) is 19.3 Å². The molecule has 2 heterocycles. The lowest BCUT2D eigenvalue weighted by molar-refractivity contribution is 0.0910. The van der Waals surface area contributed by atoms with Gasteiger partial charge in [-0.2, -0.15) is 0 Å². The van der Waals surface area contributed by atoms with Crippen LogP contribution < -0.4 is 5.32 Å². The van der Waals surface area contributed by atoms with Crippen LogP contribution in [0.4, 0.5) is 0 Å². The minimum atomic E-state index is -0.0201. The fourth-order valence-corrected chi connectivity index (χ4v) is 4.64. The zero-order valence-corrected chi connectivity index (χ0v) is 16.6. The van der Waals surface area contributed by atoms with Crippen molar-refractivity contribution in [3.63, 3.8) is 0 Å². The first kappa shape index (κ1) is 17.4. The lowest BCUT2D eigenvalue weighted by Gasteiger charge is -2.29. The second-order valence-electron chi connectivity index (χ2n) is 7.79. The van der Waals surface area contributed by atoms with E-state index in [1.807, 2.05) is 46.9 Å². The minimum absolute atomic E-state index is 0.0201. The monoisotopic (exact) mass is 390 g/mol. The van der Waals surface area contributed by atoms with Crippen LogP contribution in [0.25, 0.3) is 27.6 Å². The summed E-state index contributed by atoms with van der Waals surface area (Å²) in [5.41, 5.74) is 4.18. The quantitative estimate of drug-likeness (QED) is 0.473. The molecule has 142 valence electrons. The van der Waals surface area contributed by atoms with Crippen LogP contribution in [0.15, 0.2) is 42.5 Å². The maximum atomic E-state index is 12.8. The Bertz CT molecular complexity index is 1270. The zero-order chi connectivity index (χ0) is 19.3. The third-order valence-electron chi connectivity index (χ3n) is 5.96. The zero-order valence-electron chi connectivity index (χ0n) is 15.7. The molecule has 5 nitrogen and oxygen atoms in total. The van der Waals surface area contributed by atoms with Crippen molar-refractivity contribution in [1.82, 2.24) is 19.7 Å². The summed E-state index contributed by atoms with van der Waals surface area (Å²) in [5.74, 6) is 0.509. The molecule has 1 saturated carbocycles. The molecule has 2 aromatic carbocycles. The predicted molar refractivity (Wildman–Crippen MR) is 114 cm³/mol. The van der Waals surface area contributed by atoms with Gasteiger partial charge in [0.25, 0.3) is 5.91 Å². The predicted octanol–water partition coefficient (Wildman–Crippen LogP) is 5.01. The topological polar surface area (TPSA) is 62.2 Å². The van der Waals surface area contributed by atoms with E-state index in [2.05, 4.69) is 17.2 Å². The van der Waals surface area contributed by atoms with E-state index in [0.29, 0.717) is 16.3 Å². The third-order valence-corrected chi connectivity index (χ3v) is 6.24. The van der Waals surface area contributed by atoms with E-state index in [0.717, 1.165) is 34.0 Å². The highest BCUT2D eigenvalue weighted by molar-refractivity contribution is 7.71. The van der Waals surface area contributed by atoms with E-state index >= 15 is 0 Å². The van der Waals surface area contributed by atoms with Gasteiger partial charge in [0, 0.05) is 17.0 Å². The summed E-state index contributed by atoms with van der Waals surface area (Å²) >= 11 is 5.58. The largest absolute Gasteiger partial charge is 0.349 e. The minimum Gasteiger partial charge on any atom is -0.349 e. The second-order valence-corrected chi connectivity index (χ2v) is 8.18. The fourth-order valence-electron chi connectivity index (χ4n) is 4.35. The van der Waals surface area contributed by atoms with E-state index in [4.69, 9.17) is 17.2 Å². The smallest absolute Gasteiger partial charge is 0.251 e. The Morgan fingerprint density at radius 3 is 2.89 bits per heavy atom. The van der Waals surface area contributed by atoms with Gasteiger partial charge in [-0.05, 0) is 61.3 Å². The third kappa shape index (κ3) is 2.79. The number of imidazole rings is 1. The number of hydrogen-bond acceptors (Lipinski definition) is 3. The molecule has 28 heavy (non-hydrogen) atoms. The molecule has 0 saturated heterocycles. The molecule has 2 aromatic heterocycles. The summed E-state index contributed by atoms with van der Waals surface area (Å²) in [6.07, 6.45) is 4.69. The molecule has 6 heteroatoms. The normalized spacial score (nSPS) is 20.0. The number of H-pyrrole nitrogens is 1. The van der Waals surface area contributed by atoms with Gasteiger partial charge < -0.3 is 10.3 Å². The van der Waals surface area contributed by atoms with E-state index in [1.54, 1.807) is 0 Å². The van der Waals surface area contributed by atoms with Crippen molar-refractivity contribution in [1.29, 1.82) is 0 Å². The molecule has 1 fully saturated rings. The van der Waals surface area contributed by atoms with Crippen LogP contribution in [0.3, 0.4) is 0 Å². The molecule has 1 aliphatic rings. The number of carbonyl (C=O) groups excluding carboxylic acids is 1. The molecule has 2 atom stereocenters. The van der Waals surface area contributed by atoms with Crippen molar-refractivity contribution < 1.29 is 4.79 Å². The van der Waals surface area contributed by atoms with Gasteiger partial charge in [-0.15, -0.1) is 0 Å². The summed E-state index contributed by atoms with van der Waals surface area (Å²) in [4.78, 5) is 20.9. The van der Waals surface area contributed by atoms with Crippen molar-refractivity contribution in [2.24, 2.45) is 5.92 Å². The molecule has 1 aliphatic carbocycles. The van der Waals surface area contributed by atoms with Crippen molar-refractivity contribution in [3.05, 3.63) is 52.8 Å². The number of nitrogens with zero attached hydrogens (tertiary/aromatic N) is 2. The van der Waals surface area contributed by atoms with Gasteiger partial charge in [0.05, 0.1) is 16.6 Å². The number of amides is 1. The van der Waals surface area contributed by atoms with Gasteiger partial charge >= 0.3 is 0 Å². The van der Waals surface area contributed by atoms with E-state index < -0.39 is 0 Å². The van der Waals surface area contributed by atoms with E-state index in [-0.39, 0.29) is 11.9 Å². The highest BCUT2D eigenvalue weighted by Crippen LogP contribution is 2.26. The molecule has 0 radical (unpaired) electrons. The standard InChI is InChI=1S/C22H22N4OS/c1-13-6-2-3-7-16(13)24-21(27)14-10-11-15-18(12-14)25-22(28)26-19-9-5-4-8-17(19)23-20(15)26/h4-5,8-13,16H,2-3,6-7H2,1H3,(H,24,27)(H,25,28)/t13-,16+/m0/s1. The lowest BCUT2D eigenvalue weighted by atomic mass is 9.86. The first-order valence-electron chi connectivity index (χ1n) is 9.86. The Balaban J connectivity index is 1.57. The molecule has 0 unspecified atom stereocenters. The van der Waals surface area contributed by atoms with Crippen molar-refractivity contribution in [3.8, 4) is 0 Å². The number of para-hydroxylation sites is 2. The Labute approximate surface area is 167 Å². The number of aromatic amines is 1.